The Morgan fingerprint density at radius 1 is 1.35 bits per heavy atom. The van der Waals surface area contributed by atoms with E-state index >= 15 is 0 Å². The molecule has 0 aliphatic heterocycles. The Morgan fingerprint density at radius 2 is 2.05 bits per heavy atom. The standard InChI is InChI=1S/C16H24N2O2/c1-5-13(3)17-16(20)9-10-18(14(4)19)15-8-6-7-12(2)11-15/h6-8,11,13H,5,9-10H2,1-4H3,(H,17,20). The van der Waals surface area contributed by atoms with Crippen molar-refractivity contribution in [2.24, 2.45) is 0 Å². The molecule has 2 amide bonds. The number of nitrogens with zero attached hydrogens (tertiary/aromatic N) is 1. The van der Waals surface area contributed by atoms with E-state index in [1.165, 1.54) is 6.92 Å². The molecule has 20 heavy (non-hydrogen) atoms. The first kappa shape index (κ1) is 16.2. The van der Waals surface area contributed by atoms with Crippen LogP contribution in [-0.4, -0.2) is 24.4 Å². The summed E-state index contributed by atoms with van der Waals surface area (Å²) >= 11 is 0. The van der Waals surface area contributed by atoms with Crippen molar-refractivity contribution in [3.8, 4) is 0 Å². The molecular weight excluding hydrogens is 252 g/mol. The summed E-state index contributed by atoms with van der Waals surface area (Å²) in [5.74, 6) is -0.0646. The fourth-order valence-corrected chi connectivity index (χ4v) is 1.93. The SMILES string of the molecule is CCC(C)NC(=O)CCN(C(C)=O)c1cccc(C)c1. The van der Waals surface area contributed by atoms with Crippen molar-refractivity contribution in [3.05, 3.63) is 29.8 Å². The Kier molecular flexibility index (Phi) is 6.22. The third-order valence-corrected chi connectivity index (χ3v) is 3.28. The van der Waals surface area contributed by atoms with Crippen molar-refractivity contribution in [1.82, 2.24) is 5.32 Å². The molecule has 0 bridgehead atoms. The highest BCUT2D eigenvalue weighted by Gasteiger charge is 2.14. The molecule has 0 fully saturated rings. The summed E-state index contributed by atoms with van der Waals surface area (Å²) in [6.07, 6.45) is 1.22. The first-order chi connectivity index (χ1) is 9.43. The average Bonchev–Trinajstić information content (AvgIpc) is 2.38. The molecule has 4 heteroatoms. The first-order valence-corrected chi connectivity index (χ1v) is 7.08. The predicted octanol–water partition coefficient (Wildman–Crippen LogP) is 2.65. The van der Waals surface area contributed by atoms with Crippen LogP contribution in [0.2, 0.25) is 0 Å². The van der Waals surface area contributed by atoms with Crippen molar-refractivity contribution in [2.45, 2.75) is 46.6 Å². The van der Waals surface area contributed by atoms with E-state index in [9.17, 15) is 9.59 Å². The molecule has 0 saturated heterocycles. The molecule has 0 saturated carbocycles. The van der Waals surface area contributed by atoms with E-state index in [2.05, 4.69) is 5.32 Å². The number of anilines is 1. The molecule has 1 aromatic carbocycles. The fourth-order valence-electron chi connectivity index (χ4n) is 1.93. The van der Waals surface area contributed by atoms with Gasteiger partial charge >= 0.3 is 0 Å². The first-order valence-electron chi connectivity index (χ1n) is 7.08. The summed E-state index contributed by atoms with van der Waals surface area (Å²) < 4.78 is 0. The van der Waals surface area contributed by atoms with Gasteiger partial charge in [-0.3, -0.25) is 9.59 Å². The van der Waals surface area contributed by atoms with Gasteiger partial charge in [0.05, 0.1) is 0 Å². The van der Waals surface area contributed by atoms with Gasteiger partial charge in [0.15, 0.2) is 0 Å². The number of hydrogen-bond donors (Lipinski definition) is 1. The second kappa shape index (κ2) is 7.68. The Morgan fingerprint density at radius 3 is 2.60 bits per heavy atom. The number of carbonyl (C=O) groups excluding carboxylic acids is 2. The van der Waals surface area contributed by atoms with Gasteiger partial charge in [-0.15, -0.1) is 0 Å². The lowest BCUT2D eigenvalue weighted by Crippen LogP contribution is -2.36. The third-order valence-electron chi connectivity index (χ3n) is 3.28. The summed E-state index contributed by atoms with van der Waals surface area (Å²) in [6.45, 7) is 7.91. The zero-order chi connectivity index (χ0) is 15.1. The molecule has 1 atom stereocenters. The van der Waals surface area contributed by atoms with Gasteiger partial charge in [0.2, 0.25) is 11.8 Å². The van der Waals surface area contributed by atoms with Crippen LogP contribution in [0.15, 0.2) is 24.3 Å². The van der Waals surface area contributed by atoms with Gasteiger partial charge < -0.3 is 10.2 Å². The molecule has 0 aromatic heterocycles. The summed E-state index contributed by atoms with van der Waals surface area (Å²) in [5.41, 5.74) is 1.94. The van der Waals surface area contributed by atoms with Crippen molar-refractivity contribution in [2.75, 3.05) is 11.4 Å². The zero-order valence-corrected chi connectivity index (χ0v) is 12.8. The smallest absolute Gasteiger partial charge is 0.223 e. The Bertz CT molecular complexity index is 471. The van der Waals surface area contributed by atoms with E-state index < -0.39 is 0 Å². The third kappa shape index (κ3) is 5.03. The van der Waals surface area contributed by atoms with Crippen LogP contribution in [0.25, 0.3) is 0 Å². The predicted molar refractivity (Wildman–Crippen MR) is 81.7 cm³/mol. The monoisotopic (exact) mass is 276 g/mol. The fraction of sp³-hybridized carbons (Fsp3) is 0.500. The summed E-state index contributed by atoms with van der Waals surface area (Å²) in [5, 5.41) is 2.91. The number of rotatable bonds is 6. The second-order valence-corrected chi connectivity index (χ2v) is 5.14. The lowest BCUT2D eigenvalue weighted by atomic mass is 10.2. The summed E-state index contributed by atoms with van der Waals surface area (Å²) in [6, 6.07) is 7.92. The van der Waals surface area contributed by atoms with Crippen LogP contribution in [0.4, 0.5) is 5.69 Å². The van der Waals surface area contributed by atoms with E-state index in [0.29, 0.717) is 13.0 Å². The molecule has 1 N–H and O–H groups in total. The molecule has 0 aliphatic carbocycles. The minimum Gasteiger partial charge on any atom is -0.354 e. The topological polar surface area (TPSA) is 49.4 Å². The molecule has 0 aliphatic rings. The van der Waals surface area contributed by atoms with Gasteiger partial charge in [0, 0.05) is 31.6 Å². The van der Waals surface area contributed by atoms with E-state index in [0.717, 1.165) is 17.7 Å². The highest BCUT2D eigenvalue weighted by Crippen LogP contribution is 2.16. The Hall–Kier alpha value is -1.84. The Labute approximate surface area is 121 Å². The van der Waals surface area contributed by atoms with Crippen LogP contribution >= 0.6 is 0 Å². The quantitative estimate of drug-likeness (QED) is 0.868. The van der Waals surface area contributed by atoms with Gasteiger partial charge in [-0.1, -0.05) is 19.1 Å². The number of carbonyl (C=O) groups is 2. The van der Waals surface area contributed by atoms with Crippen molar-refractivity contribution < 1.29 is 9.59 Å². The molecule has 1 rings (SSSR count). The van der Waals surface area contributed by atoms with Crippen molar-refractivity contribution in [1.29, 1.82) is 0 Å². The van der Waals surface area contributed by atoms with Crippen LogP contribution in [-0.2, 0) is 9.59 Å². The van der Waals surface area contributed by atoms with Crippen molar-refractivity contribution in [3.63, 3.8) is 0 Å². The molecule has 1 aromatic rings. The van der Waals surface area contributed by atoms with E-state index in [4.69, 9.17) is 0 Å². The molecule has 1 unspecified atom stereocenters. The van der Waals surface area contributed by atoms with Crippen molar-refractivity contribution >= 4 is 17.5 Å². The largest absolute Gasteiger partial charge is 0.354 e. The molecule has 0 spiro atoms. The van der Waals surface area contributed by atoms with E-state index in [1.807, 2.05) is 45.0 Å². The molecular formula is C16H24N2O2. The maximum atomic E-state index is 11.8. The minimum absolute atomic E-state index is 0.0155. The van der Waals surface area contributed by atoms with Crippen LogP contribution < -0.4 is 10.2 Å². The number of nitrogens with one attached hydrogen (secondary N) is 1. The summed E-state index contributed by atoms with van der Waals surface area (Å²) in [7, 11) is 0. The zero-order valence-electron chi connectivity index (χ0n) is 12.8. The molecule has 110 valence electrons. The number of benzene rings is 1. The Balaban J connectivity index is 2.65. The second-order valence-electron chi connectivity index (χ2n) is 5.14. The van der Waals surface area contributed by atoms with Gasteiger partial charge in [-0.2, -0.15) is 0 Å². The van der Waals surface area contributed by atoms with Gasteiger partial charge in [-0.25, -0.2) is 0 Å². The number of aryl methyl sites for hydroxylation is 1. The lowest BCUT2D eigenvalue weighted by Gasteiger charge is -2.22. The lowest BCUT2D eigenvalue weighted by molar-refractivity contribution is -0.121. The van der Waals surface area contributed by atoms with Crippen LogP contribution in [0, 0.1) is 6.92 Å². The maximum Gasteiger partial charge on any atom is 0.223 e. The average molecular weight is 276 g/mol. The molecule has 0 radical (unpaired) electrons. The highest BCUT2D eigenvalue weighted by atomic mass is 16.2. The van der Waals surface area contributed by atoms with Crippen LogP contribution in [0.5, 0.6) is 0 Å². The number of amides is 2. The molecule has 4 nitrogen and oxygen atoms in total. The van der Waals surface area contributed by atoms with Crippen LogP contribution in [0.3, 0.4) is 0 Å². The molecule has 0 heterocycles. The maximum absolute atomic E-state index is 11.8. The van der Waals surface area contributed by atoms with E-state index in [1.54, 1.807) is 4.90 Å². The normalized spacial score (nSPS) is 11.8. The van der Waals surface area contributed by atoms with Gasteiger partial charge in [0.1, 0.15) is 0 Å². The highest BCUT2D eigenvalue weighted by molar-refractivity contribution is 5.92. The van der Waals surface area contributed by atoms with Crippen LogP contribution in [0.1, 0.15) is 39.2 Å². The van der Waals surface area contributed by atoms with Gasteiger partial charge in [-0.05, 0) is 38.0 Å². The van der Waals surface area contributed by atoms with Gasteiger partial charge in [0.25, 0.3) is 0 Å². The summed E-state index contributed by atoms with van der Waals surface area (Å²) in [4.78, 5) is 25.2. The minimum atomic E-state index is -0.0491. The number of hydrogen-bond acceptors (Lipinski definition) is 2. The van der Waals surface area contributed by atoms with E-state index in [-0.39, 0.29) is 17.9 Å².